The highest BCUT2D eigenvalue weighted by molar-refractivity contribution is 7.90. The monoisotopic (exact) mass is 389 g/mol. The summed E-state index contributed by atoms with van der Waals surface area (Å²) in [6.07, 6.45) is 1.12. The Morgan fingerprint density at radius 1 is 1.08 bits per heavy atom. The average Bonchev–Trinajstić information content (AvgIpc) is 2.61. The first-order valence-corrected chi connectivity index (χ1v) is 10.1. The summed E-state index contributed by atoms with van der Waals surface area (Å²) in [6, 6.07) is 14.3. The summed E-state index contributed by atoms with van der Waals surface area (Å²) in [7, 11) is -3.61. The molecule has 0 radical (unpaired) electrons. The van der Waals surface area contributed by atoms with Crippen LogP contribution in [-0.2, 0) is 21.2 Å². The van der Waals surface area contributed by atoms with Gasteiger partial charge in [0.2, 0.25) is 5.91 Å². The summed E-state index contributed by atoms with van der Waals surface area (Å²) in [4.78, 5) is 17.3. The molecule has 0 aliphatic carbocycles. The molecule has 0 saturated heterocycles. The van der Waals surface area contributed by atoms with E-state index in [9.17, 15) is 13.2 Å². The van der Waals surface area contributed by atoms with Crippen molar-refractivity contribution >= 4 is 40.1 Å². The Labute approximate surface area is 158 Å². The van der Waals surface area contributed by atoms with E-state index in [2.05, 4.69) is 27.7 Å². The van der Waals surface area contributed by atoms with Crippen LogP contribution in [0.15, 0.2) is 63.3 Å². The van der Waals surface area contributed by atoms with Crippen molar-refractivity contribution in [3.8, 4) is 0 Å². The van der Waals surface area contributed by atoms with E-state index in [1.807, 2.05) is 24.3 Å². The minimum absolute atomic E-state index is 0.142. The van der Waals surface area contributed by atoms with Crippen molar-refractivity contribution in [3.63, 3.8) is 0 Å². The molecular weight excluding hydrogens is 370 g/mol. The molecule has 0 fully saturated rings. The summed E-state index contributed by atoms with van der Waals surface area (Å²) in [5.41, 5.74) is 1.51. The molecule has 8 heteroatoms. The van der Waals surface area contributed by atoms with Gasteiger partial charge in [0.1, 0.15) is 10.7 Å². The SMILES string of the molecule is O=C(CCC1=Nc2ccccc2S(=O)(=O)N1)NCCc1ccc(S)cc1. The molecule has 1 heterocycles. The Hall–Kier alpha value is -2.32. The van der Waals surface area contributed by atoms with Gasteiger partial charge in [-0.15, -0.1) is 12.6 Å². The molecule has 26 heavy (non-hydrogen) atoms. The minimum atomic E-state index is -3.61. The number of amides is 1. The number of nitrogens with one attached hydrogen (secondary N) is 2. The van der Waals surface area contributed by atoms with Crippen molar-refractivity contribution in [2.75, 3.05) is 6.54 Å². The Kier molecular flexibility index (Phi) is 5.63. The number of carbonyl (C=O) groups excluding carboxylic acids is 1. The van der Waals surface area contributed by atoms with Crippen molar-refractivity contribution in [1.29, 1.82) is 0 Å². The Bertz CT molecular complexity index is 938. The predicted molar refractivity (Wildman–Crippen MR) is 104 cm³/mol. The van der Waals surface area contributed by atoms with Crippen LogP contribution in [0.3, 0.4) is 0 Å². The number of para-hydroxylation sites is 1. The van der Waals surface area contributed by atoms with Gasteiger partial charge in [0.15, 0.2) is 0 Å². The molecule has 0 spiro atoms. The predicted octanol–water partition coefficient (Wildman–Crippen LogP) is 2.44. The molecule has 1 aliphatic rings. The number of amidine groups is 1. The number of hydrogen-bond donors (Lipinski definition) is 3. The van der Waals surface area contributed by atoms with Gasteiger partial charge in [-0.3, -0.25) is 9.52 Å². The molecule has 6 nitrogen and oxygen atoms in total. The van der Waals surface area contributed by atoms with Crippen LogP contribution in [0.2, 0.25) is 0 Å². The van der Waals surface area contributed by atoms with Crippen LogP contribution in [0.4, 0.5) is 5.69 Å². The van der Waals surface area contributed by atoms with E-state index in [4.69, 9.17) is 0 Å². The van der Waals surface area contributed by atoms with Crippen molar-refractivity contribution in [1.82, 2.24) is 10.0 Å². The number of rotatable bonds is 6. The number of nitrogens with zero attached hydrogens (tertiary/aromatic N) is 1. The standard InChI is InChI=1S/C18H19N3O3S2/c22-18(19-12-11-13-5-7-14(25)8-6-13)10-9-17-20-15-3-1-2-4-16(15)26(23,24)21-17/h1-8,25H,9-12H2,(H,19,22)(H,20,21). The normalized spacial score (nSPS) is 14.7. The second-order valence-corrected chi connectivity index (χ2v) is 8.07. The summed E-state index contributed by atoms with van der Waals surface area (Å²) in [5, 5.41) is 2.83. The lowest BCUT2D eigenvalue weighted by atomic mass is 10.1. The molecule has 2 aromatic carbocycles. The lowest BCUT2D eigenvalue weighted by Gasteiger charge is -2.17. The van der Waals surface area contributed by atoms with E-state index < -0.39 is 10.0 Å². The van der Waals surface area contributed by atoms with Gasteiger partial charge in [-0.2, -0.15) is 0 Å². The zero-order valence-electron chi connectivity index (χ0n) is 14.0. The number of sulfonamides is 1. The first-order valence-electron chi connectivity index (χ1n) is 8.18. The molecule has 1 aliphatic heterocycles. The van der Waals surface area contributed by atoms with Crippen molar-refractivity contribution in [3.05, 3.63) is 54.1 Å². The van der Waals surface area contributed by atoms with Crippen LogP contribution >= 0.6 is 12.6 Å². The van der Waals surface area contributed by atoms with Gasteiger partial charge in [-0.05, 0) is 36.2 Å². The zero-order valence-corrected chi connectivity index (χ0v) is 15.7. The van der Waals surface area contributed by atoms with E-state index >= 15 is 0 Å². The molecule has 0 aromatic heterocycles. The Morgan fingerprint density at radius 2 is 1.81 bits per heavy atom. The summed E-state index contributed by atoms with van der Waals surface area (Å²) in [6.45, 7) is 0.520. The fourth-order valence-electron chi connectivity index (χ4n) is 2.59. The quantitative estimate of drug-likeness (QED) is 0.663. The lowest BCUT2D eigenvalue weighted by molar-refractivity contribution is -0.120. The largest absolute Gasteiger partial charge is 0.356 e. The van der Waals surface area contributed by atoms with Gasteiger partial charge in [-0.25, -0.2) is 13.4 Å². The molecule has 0 bridgehead atoms. The zero-order chi connectivity index (χ0) is 18.6. The second-order valence-electron chi connectivity index (χ2n) is 5.90. The maximum atomic E-state index is 12.2. The number of carbonyl (C=O) groups is 1. The third-order valence-electron chi connectivity index (χ3n) is 3.92. The fourth-order valence-corrected chi connectivity index (χ4v) is 3.95. The van der Waals surface area contributed by atoms with Gasteiger partial charge in [0.25, 0.3) is 10.0 Å². The molecule has 1 amide bonds. The maximum Gasteiger partial charge on any atom is 0.264 e. The third-order valence-corrected chi connectivity index (χ3v) is 5.65. The van der Waals surface area contributed by atoms with E-state index in [0.29, 0.717) is 12.2 Å². The van der Waals surface area contributed by atoms with Crippen LogP contribution in [-0.4, -0.2) is 26.7 Å². The molecule has 2 N–H and O–H groups in total. The molecule has 0 saturated carbocycles. The molecule has 2 aromatic rings. The lowest BCUT2D eigenvalue weighted by Crippen LogP contribution is -2.34. The molecule has 3 rings (SSSR count). The summed E-state index contributed by atoms with van der Waals surface area (Å²) in [5.74, 6) is 0.139. The van der Waals surface area contributed by atoms with Crippen LogP contribution < -0.4 is 10.0 Å². The van der Waals surface area contributed by atoms with Gasteiger partial charge in [-0.1, -0.05) is 24.3 Å². The fraction of sp³-hybridized carbons (Fsp3) is 0.222. The first kappa shape index (κ1) is 18.5. The van der Waals surface area contributed by atoms with Crippen LogP contribution in [0.5, 0.6) is 0 Å². The van der Waals surface area contributed by atoms with E-state index in [1.165, 1.54) is 6.07 Å². The van der Waals surface area contributed by atoms with Gasteiger partial charge in [0.05, 0.1) is 5.69 Å². The number of benzene rings is 2. The smallest absolute Gasteiger partial charge is 0.264 e. The Morgan fingerprint density at radius 3 is 2.58 bits per heavy atom. The molecular formula is C18H19N3O3S2. The highest BCUT2D eigenvalue weighted by Crippen LogP contribution is 2.27. The van der Waals surface area contributed by atoms with E-state index in [-0.39, 0.29) is 29.5 Å². The van der Waals surface area contributed by atoms with Crippen LogP contribution in [0, 0.1) is 0 Å². The topological polar surface area (TPSA) is 87.6 Å². The Balaban J connectivity index is 1.50. The second kappa shape index (κ2) is 7.92. The van der Waals surface area contributed by atoms with Gasteiger partial charge >= 0.3 is 0 Å². The van der Waals surface area contributed by atoms with Crippen molar-refractivity contribution in [2.24, 2.45) is 4.99 Å². The maximum absolute atomic E-state index is 12.2. The number of fused-ring (bicyclic) bond motifs is 1. The number of thiol groups is 1. The van der Waals surface area contributed by atoms with Crippen molar-refractivity contribution in [2.45, 2.75) is 29.1 Å². The molecule has 136 valence electrons. The van der Waals surface area contributed by atoms with E-state index in [0.717, 1.165) is 16.9 Å². The number of hydrogen-bond acceptors (Lipinski definition) is 5. The average molecular weight is 390 g/mol. The highest BCUT2D eigenvalue weighted by Gasteiger charge is 2.24. The molecule has 0 atom stereocenters. The summed E-state index contributed by atoms with van der Waals surface area (Å²) < 4.78 is 26.8. The highest BCUT2D eigenvalue weighted by atomic mass is 32.2. The van der Waals surface area contributed by atoms with Crippen molar-refractivity contribution < 1.29 is 13.2 Å². The third kappa shape index (κ3) is 4.64. The van der Waals surface area contributed by atoms with Crippen LogP contribution in [0.25, 0.3) is 0 Å². The van der Waals surface area contributed by atoms with Gasteiger partial charge in [0, 0.05) is 24.3 Å². The first-order chi connectivity index (χ1) is 12.4. The summed E-state index contributed by atoms with van der Waals surface area (Å²) >= 11 is 4.23. The molecule has 0 unspecified atom stereocenters. The number of aliphatic imine (C=N–C) groups is 1. The minimum Gasteiger partial charge on any atom is -0.356 e. The van der Waals surface area contributed by atoms with Crippen LogP contribution in [0.1, 0.15) is 18.4 Å². The van der Waals surface area contributed by atoms with E-state index in [1.54, 1.807) is 18.2 Å². The van der Waals surface area contributed by atoms with Gasteiger partial charge < -0.3 is 5.32 Å².